The molecule has 0 bridgehead atoms. The molecule has 1 rings (SSSR count). The van der Waals surface area contributed by atoms with E-state index in [0.29, 0.717) is 6.20 Å². The van der Waals surface area contributed by atoms with Crippen LogP contribution in [0.25, 0.3) is 0 Å². The first-order chi connectivity index (χ1) is 7.22. The van der Waals surface area contributed by atoms with Crippen molar-refractivity contribution in [2.75, 3.05) is 0 Å². The summed E-state index contributed by atoms with van der Waals surface area (Å²) >= 11 is 1.26. The van der Waals surface area contributed by atoms with Crippen molar-refractivity contribution in [2.24, 2.45) is 0 Å². The topological polar surface area (TPSA) is 42.4 Å². The first kappa shape index (κ1) is 13.2. The van der Waals surface area contributed by atoms with E-state index in [1.165, 1.54) is 22.6 Å². The number of pyridine rings is 1. The van der Waals surface area contributed by atoms with Gasteiger partial charge in [0.05, 0.1) is 6.20 Å². The van der Waals surface area contributed by atoms with Crippen LogP contribution >= 0.6 is 22.6 Å². The summed E-state index contributed by atoms with van der Waals surface area (Å²) in [4.78, 5) is 2.99. The normalized spacial score (nSPS) is 11.9. The van der Waals surface area contributed by atoms with E-state index in [1.54, 1.807) is 0 Å². The second-order valence-electron chi connectivity index (χ2n) is 2.52. The van der Waals surface area contributed by atoms with Gasteiger partial charge in [0, 0.05) is 0 Å². The van der Waals surface area contributed by atoms with E-state index >= 15 is 0 Å². The lowest BCUT2D eigenvalue weighted by Gasteiger charge is -2.12. The molecule has 90 valence electrons. The number of aromatic hydroxyl groups is 1. The molecule has 0 radical (unpaired) electrons. The number of alkyl halides is 5. The maximum absolute atomic E-state index is 12.2. The average Bonchev–Trinajstić information content (AvgIpc) is 2.10. The summed E-state index contributed by atoms with van der Waals surface area (Å²) in [5.74, 6) is -1.84. The summed E-state index contributed by atoms with van der Waals surface area (Å²) in [6.45, 7) is 0. The van der Waals surface area contributed by atoms with E-state index < -0.39 is 33.6 Å². The molecule has 0 fully saturated rings. The molecule has 1 aromatic heterocycles. The van der Waals surface area contributed by atoms with Gasteiger partial charge in [0.2, 0.25) is 0 Å². The number of nitrogens with zero attached hydrogens (tertiary/aromatic N) is 1. The van der Waals surface area contributed by atoms with Crippen LogP contribution in [0.2, 0.25) is 0 Å². The van der Waals surface area contributed by atoms with Gasteiger partial charge in [0.25, 0.3) is 6.43 Å². The number of hydrogen-bond donors (Lipinski definition) is 1. The average molecular weight is 355 g/mol. The van der Waals surface area contributed by atoms with E-state index in [9.17, 15) is 22.0 Å². The van der Waals surface area contributed by atoms with Crippen LogP contribution in [0, 0.1) is 3.57 Å². The fourth-order valence-electron chi connectivity index (χ4n) is 0.831. The molecule has 0 saturated heterocycles. The third-order valence-corrected chi connectivity index (χ3v) is 2.46. The predicted octanol–water partition coefficient (Wildman–Crippen LogP) is 3.23. The van der Waals surface area contributed by atoms with Crippen molar-refractivity contribution in [3.8, 4) is 11.5 Å². The van der Waals surface area contributed by atoms with Gasteiger partial charge >= 0.3 is 6.36 Å². The van der Waals surface area contributed by atoms with Crippen LogP contribution in [0.5, 0.6) is 11.5 Å². The van der Waals surface area contributed by atoms with E-state index in [1.807, 2.05) is 0 Å². The fourth-order valence-corrected chi connectivity index (χ4v) is 1.36. The van der Waals surface area contributed by atoms with Gasteiger partial charge in [0.1, 0.15) is 9.26 Å². The molecular weight excluding hydrogens is 352 g/mol. The van der Waals surface area contributed by atoms with E-state index in [-0.39, 0.29) is 0 Å². The zero-order valence-electron chi connectivity index (χ0n) is 7.23. The molecule has 0 aromatic carbocycles. The van der Waals surface area contributed by atoms with Crippen LogP contribution in [-0.2, 0) is 0 Å². The molecule has 3 nitrogen and oxygen atoms in total. The van der Waals surface area contributed by atoms with E-state index in [2.05, 4.69) is 9.72 Å². The molecule has 0 atom stereocenters. The minimum absolute atomic E-state index is 0.472. The summed E-state index contributed by atoms with van der Waals surface area (Å²) in [7, 11) is 0. The molecular formula is C7H3F5INO2. The Morgan fingerprint density at radius 2 is 1.94 bits per heavy atom. The summed E-state index contributed by atoms with van der Waals surface area (Å²) in [5, 5.41) is 9.15. The number of ether oxygens (including phenoxy) is 1. The largest absolute Gasteiger partial charge is 0.573 e. The Morgan fingerprint density at radius 3 is 2.38 bits per heavy atom. The third kappa shape index (κ3) is 3.06. The molecule has 0 unspecified atom stereocenters. The van der Waals surface area contributed by atoms with Crippen molar-refractivity contribution in [1.29, 1.82) is 0 Å². The number of aromatic nitrogens is 1. The van der Waals surface area contributed by atoms with Crippen LogP contribution < -0.4 is 4.74 Å². The SMILES string of the molecule is Oc1c(C(F)F)ncc(OC(F)(F)F)c1I. The van der Waals surface area contributed by atoms with Crippen LogP contribution in [0.3, 0.4) is 0 Å². The van der Waals surface area contributed by atoms with Gasteiger partial charge in [-0.15, -0.1) is 13.2 Å². The summed E-state index contributed by atoms with van der Waals surface area (Å²) in [6.07, 6.45) is -7.56. The second-order valence-corrected chi connectivity index (χ2v) is 3.60. The molecule has 9 heteroatoms. The minimum atomic E-state index is -4.97. The summed E-state index contributed by atoms with van der Waals surface area (Å²) in [5.41, 5.74) is -0.987. The highest BCUT2D eigenvalue weighted by molar-refractivity contribution is 14.1. The molecule has 0 aliphatic heterocycles. The first-order valence-electron chi connectivity index (χ1n) is 3.63. The van der Waals surface area contributed by atoms with Gasteiger partial charge in [-0.25, -0.2) is 13.8 Å². The second kappa shape index (κ2) is 4.55. The third-order valence-electron chi connectivity index (χ3n) is 1.42. The molecule has 0 amide bonds. The molecule has 0 aliphatic rings. The van der Waals surface area contributed by atoms with E-state index in [4.69, 9.17) is 5.11 Å². The number of hydrogen-bond acceptors (Lipinski definition) is 3. The van der Waals surface area contributed by atoms with Crippen molar-refractivity contribution in [1.82, 2.24) is 4.98 Å². The van der Waals surface area contributed by atoms with Crippen molar-refractivity contribution < 1.29 is 31.8 Å². The molecule has 1 aromatic rings. The van der Waals surface area contributed by atoms with Crippen molar-refractivity contribution in [2.45, 2.75) is 12.8 Å². The van der Waals surface area contributed by atoms with Gasteiger partial charge in [-0.2, -0.15) is 0 Å². The molecule has 1 N–H and O–H groups in total. The van der Waals surface area contributed by atoms with Crippen molar-refractivity contribution in [3.63, 3.8) is 0 Å². The zero-order chi connectivity index (χ0) is 12.5. The van der Waals surface area contributed by atoms with Crippen molar-refractivity contribution in [3.05, 3.63) is 15.5 Å². The quantitative estimate of drug-likeness (QED) is 0.655. The van der Waals surface area contributed by atoms with Gasteiger partial charge in [-0.05, 0) is 22.6 Å². The lowest BCUT2D eigenvalue weighted by atomic mass is 10.3. The highest BCUT2D eigenvalue weighted by Crippen LogP contribution is 2.37. The Bertz CT molecular complexity index is 395. The maximum atomic E-state index is 12.2. The molecule has 0 aliphatic carbocycles. The molecule has 0 saturated carbocycles. The van der Waals surface area contributed by atoms with Gasteiger partial charge in [-0.3, -0.25) is 0 Å². The fraction of sp³-hybridized carbons (Fsp3) is 0.286. The smallest absolute Gasteiger partial charge is 0.505 e. The lowest BCUT2D eigenvalue weighted by molar-refractivity contribution is -0.275. The van der Waals surface area contributed by atoms with Gasteiger partial charge < -0.3 is 9.84 Å². The number of halogens is 6. The highest BCUT2D eigenvalue weighted by Gasteiger charge is 2.33. The van der Waals surface area contributed by atoms with Gasteiger partial charge in [0.15, 0.2) is 11.5 Å². The summed E-state index contributed by atoms with van der Waals surface area (Å²) < 4.78 is 62.9. The Morgan fingerprint density at radius 1 is 1.38 bits per heavy atom. The lowest BCUT2D eigenvalue weighted by Crippen LogP contribution is -2.18. The van der Waals surface area contributed by atoms with Gasteiger partial charge in [-0.1, -0.05) is 0 Å². The van der Waals surface area contributed by atoms with Crippen LogP contribution in [0.15, 0.2) is 6.20 Å². The molecule has 16 heavy (non-hydrogen) atoms. The Hall–Kier alpha value is -0.870. The molecule has 0 spiro atoms. The number of rotatable bonds is 2. The first-order valence-corrected chi connectivity index (χ1v) is 4.71. The Balaban J connectivity index is 3.12. The molecule has 1 heterocycles. The van der Waals surface area contributed by atoms with E-state index in [0.717, 1.165) is 0 Å². The highest BCUT2D eigenvalue weighted by atomic mass is 127. The van der Waals surface area contributed by atoms with Crippen LogP contribution in [0.4, 0.5) is 22.0 Å². The van der Waals surface area contributed by atoms with Crippen LogP contribution in [0.1, 0.15) is 12.1 Å². The van der Waals surface area contributed by atoms with Crippen molar-refractivity contribution >= 4 is 22.6 Å². The standard InChI is InChI=1S/C7H3F5INO2/c8-6(9)4-5(15)3(13)2(1-14-4)16-7(10,11)12/h1,6,15H. The maximum Gasteiger partial charge on any atom is 0.573 e. The zero-order valence-corrected chi connectivity index (χ0v) is 9.38. The monoisotopic (exact) mass is 355 g/mol. The predicted molar refractivity (Wildman–Crippen MR) is 50.3 cm³/mol. The Kier molecular flexibility index (Phi) is 3.76. The Labute approximate surface area is 99.4 Å². The summed E-state index contributed by atoms with van der Waals surface area (Å²) in [6, 6.07) is 0. The minimum Gasteiger partial charge on any atom is -0.505 e. The van der Waals surface area contributed by atoms with Crippen LogP contribution in [-0.4, -0.2) is 16.5 Å².